The predicted octanol–water partition coefficient (Wildman–Crippen LogP) is 2.11. The van der Waals surface area contributed by atoms with E-state index in [-0.39, 0.29) is 0 Å². The molecule has 0 radical (unpaired) electrons. The minimum Gasteiger partial charge on any atom is -0.503 e. The largest absolute Gasteiger partial charge is 0.503 e. The number of carboxylic acid groups (broad SMARTS) is 2. The number of carboxylic acids is 2. The normalized spacial score (nSPS) is 8.65. The van der Waals surface area contributed by atoms with Gasteiger partial charge in [0.25, 0.3) is 0 Å². The van der Waals surface area contributed by atoms with Gasteiger partial charge in [-0.15, -0.1) is 0 Å². The van der Waals surface area contributed by atoms with Gasteiger partial charge in [-0.05, 0) is 0 Å². The zero-order valence-electron chi connectivity index (χ0n) is 14.0. The third kappa shape index (κ3) is 4.65. The number of rotatable bonds is 5. The van der Waals surface area contributed by atoms with Gasteiger partial charge in [0.15, 0.2) is 28.4 Å². The van der Waals surface area contributed by atoms with Crippen LogP contribution in [0.3, 0.4) is 0 Å². The lowest BCUT2D eigenvalue weighted by Gasteiger charge is -2.17. The van der Waals surface area contributed by atoms with Gasteiger partial charge < -0.3 is 29.6 Å². The van der Waals surface area contributed by atoms with Crippen LogP contribution >= 0.6 is 0 Å². The fraction of sp³-hybridized carbons (Fsp3) is 0.429. The molecule has 1 aromatic rings. The second-order valence-electron chi connectivity index (χ2n) is 3.22. The van der Waals surface area contributed by atoms with E-state index in [1.165, 1.54) is 0 Å². The first-order valence-electron chi connectivity index (χ1n) is 6.74. The minimum absolute atomic E-state index is 0.425. The van der Waals surface area contributed by atoms with Crippen LogP contribution in [0.25, 0.3) is 0 Å². The Labute approximate surface area is 134 Å². The standard InChI is InChI=1S/C10H11NO8.2C2H6/c1-17-7-3(9(13)14)5(12)6(19-11)4(10(15)16)8(7)18-2;2*1-2/h12H,11H2,1-2H3,(H,13,14)(H,15,16);2*1-2H3. The van der Waals surface area contributed by atoms with E-state index in [4.69, 9.17) is 25.6 Å². The van der Waals surface area contributed by atoms with E-state index >= 15 is 0 Å². The number of hydrogen-bond acceptors (Lipinski definition) is 7. The van der Waals surface area contributed by atoms with Gasteiger partial charge in [0, 0.05) is 0 Å². The third-order valence-corrected chi connectivity index (χ3v) is 2.29. The lowest BCUT2D eigenvalue weighted by Crippen LogP contribution is -2.14. The molecule has 0 bridgehead atoms. The highest BCUT2D eigenvalue weighted by Gasteiger charge is 2.33. The molecule has 0 atom stereocenters. The first-order chi connectivity index (χ1) is 10.9. The van der Waals surface area contributed by atoms with Gasteiger partial charge >= 0.3 is 11.9 Å². The van der Waals surface area contributed by atoms with Crippen LogP contribution in [0, 0.1) is 0 Å². The zero-order chi connectivity index (χ0) is 18.7. The fourth-order valence-electron chi connectivity index (χ4n) is 1.57. The van der Waals surface area contributed by atoms with E-state index in [2.05, 4.69) is 4.84 Å². The van der Waals surface area contributed by atoms with Gasteiger partial charge in [-0.25, -0.2) is 9.59 Å². The monoisotopic (exact) mass is 333 g/mol. The average Bonchev–Trinajstić information content (AvgIpc) is 2.56. The molecular formula is C14H23NO8. The van der Waals surface area contributed by atoms with Crippen LogP contribution in [-0.2, 0) is 0 Å². The Morgan fingerprint density at radius 1 is 0.826 bits per heavy atom. The predicted molar refractivity (Wildman–Crippen MR) is 82.6 cm³/mol. The molecule has 0 aliphatic rings. The van der Waals surface area contributed by atoms with E-state index in [1.54, 1.807) is 0 Å². The maximum atomic E-state index is 11.1. The highest BCUT2D eigenvalue weighted by molar-refractivity contribution is 6.03. The number of aromatic hydroxyl groups is 1. The maximum absolute atomic E-state index is 11.1. The smallest absolute Gasteiger partial charge is 0.343 e. The highest BCUT2D eigenvalue weighted by atomic mass is 16.6. The molecule has 0 saturated carbocycles. The van der Waals surface area contributed by atoms with Crippen molar-refractivity contribution in [1.29, 1.82) is 0 Å². The molecule has 0 heterocycles. The molecule has 5 N–H and O–H groups in total. The van der Waals surface area contributed by atoms with Crippen molar-refractivity contribution in [1.82, 2.24) is 0 Å². The molecule has 9 nitrogen and oxygen atoms in total. The summed E-state index contributed by atoms with van der Waals surface area (Å²) in [7, 11) is 2.20. The summed E-state index contributed by atoms with van der Waals surface area (Å²) in [5.41, 5.74) is -1.37. The van der Waals surface area contributed by atoms with Crippen molar-refractivity contribution >= 4 is 11.9 Å². The van der Waals surface area contributed by atoms with Gasteiger partial charge in [-0.3, -0.25) is 0 Å². The van der Waals surface area contributed by atoms with Crippen molar-refractivity contribution in [2.24, 2.45) is 5.90 Å². The van der Waals surface area contributed by atoms with Gasteiger partial charge in [0.1, 0.15) is 0 Å². The number of carbonyl (C=O) groups is 2. The lowest BCUT2D eigenvalue weighted by molar-refractivity contribution is 0.0665. The summed E-state index contributed by atoms with van der Waals surface area (Å²) in [5, 5.41) is 27.8. The molecule has 0 aliphatic heterocycles. The number of methoxy groups -OCH3 is 2. The second-order valence-corrected chi connectivity index (χ2v) is 3.22. The van der Waals surface area contributed by atoms with Crippen molar-refractivity contribution < 1.29 is 39.2 Å². The van der Waals surface area contributed by atoms with Crippen LogP contribution in [0.2, 0.25) is 0 Å². The van der Waals surface area contributed by atoms with Gasteiger partial charge in [-0.2, -0.15) is 5.90 Å². The maximum Gasteiger partial charge on any atom is 0.343 e. The Balaban J connectivity index is 0. The Morgan fingerprint density at radius 2 is 1.17 bits per heavy atom. The summed E-state index contributed by atoms with van der Waals surface area (Å²) >= 11 is 0. The summed E-state index contributed by atoms with van der Waals surface area (Å²) in [6.45, 7) is 8.00. The Hall–Kier alpha value is -2.68. The molecule has 0 aliphatic carbocycles. The van der Waals surface area contributed by atoms with E-state index in [9.17, 15) is 14.7 Å². The van der Waals surface area contributed by atoms with Gasteiger partial charge in [0.2, 0.25) is 5.75 Å². The molecule has 0 spiro atoms. The van der Waals surface area contributed by atoms with Crippen molar-refractivity contribution in [2.75, 3.05) is 14.2 Å². The van der Waals surface area contributed by atoms with Crippen molar-refractivity contribution in [3.8, 4) is 23.0 Å². The van der Waals surface area contributed by atoms with E-state index in [0.29, 0.717) is 0 Å². The van der Waals surface area contributed by atoms with Gasteiger partial charge in [0.05, 0.1) is 14.2 Å². The molecule has 9 heteroatoms. The van der Waals surface area contributed by atoms with E-state index < -0.39 is 46.1 Å². The van der Waals surface area contributed by atoms with Crippen molar-refractivity contribution in [2.45, 2.75) is 27.7 Å². The second kappa shape index (κ2) is 11.0. The highest BCUT2D eigenvalue weighted by Crippen LogP contribution is 2.47. The van der Waals surface area contributed by atoms with Crippen LogP contribution in [-0.4, -0.2) is 41.5 Å². The molecule has 0 fully saturated rings. The number of ether oxygens (including phenoxy) is 2. The minimum atomic E-state index is -1.57. The van der Waals surface area contributed by atoms with Crippen LogP contribution in [0.1, 0.15) is 48.4 Å². The topological polar surface area (TPSA) is 149 Å². The van der Waals surface area contributed by atoms with Gasteiger partial charge in [-0.1, -0.05) is 27.7 Å². The fourth-order valence-corrected chi connectivity index (χ4v) is 1.57. The number of phenols is 1. The summed E-state index contributed by atoms with van der Waals surface area (Å²) < 4.78 is 9.58. The molecule has 0 saturated heterocycles. The molecule has 0 amide bonds. The molecule has 1 aromatic carbocycles. The summed E-state index contributed by atoms with van der Waals surface area (Å²) in [6.07, 6.45) is 0. The molecule has 23 heavy (non-hydrogen) atoms. The average molecular weight is 333 g/mol. The molecular weight excluding hydrogens is 310 g/mol. The van der Waals surface area contributed by atoms with Crippen LogP contribution in [0.5, 0.6) is 23.0 Å². The quantitative estimate of drug-likeness (QED) is 0.594. The first-order valence-corrected chi connectivity index (χ1v) is 6.74. The van der Waals surface area contributed by atoms with Crippen LogP contribution in [0.15, 0.2) is 0 Å². The third-order valence-electron chi connectivity index (χ3n) is 2.29. The van der Waals surface area contributed by atoms with E-state index in [0.717, 1.165) is 14.2 Å². The molecule has 0 unspecified atom stereocenters. The first kappa shape index (κ1) is 22.6. The summed E-state index contributed by atoms with van der Waals surface area (Å²) in [6, 6.07) is 0. The zero-order valence-corrected chi connectivity index (χ0v) is 14.0. The van der Waals surface area contributed by atoms with Crippen LogP contribution in [0.4, 0.5) is 0 Å². The number of hydrogen-bond donors (Lipinski definition) is 4. The number of benzene rings is 1. The molecule has 1 rings (SSSR count). The van der Waals surface area contributed by atoms with Crippen LogP contribution < -0.4 is 20.2 Å². The summed E-state index contributed by atoms with van der Waals surface area (Å²) in [5.74, 6) is -0.825. The molecule has 0 aromatic heterocycles. The number of aromatic carboxylic acids is 2. The Morgan fingerprint density at radius 3 is 1.43 bits per heavy atom. The SMILES string of the molecule is CC.CC.COc1c(OC)c(C(=O)O)c(ON)c(O)c1C(=O)O. The Kier molecular flexibility index (Phi) is 10.8. The summed E-state index contributed by atoms with van der Waals surface area (Å²) in [4.78, 5) is 26.5. The van der Waals surface area contributed by atoms with Crippen molar-refractivity contribution in [3.05, 3.63) is 11.1 Å². The van der Waals surface area contributed by atoms with E-state index in [1.807, 2.05) is 27.7 Å². The molecule has 132 valence electrons. The Bertz CT molecular complexity index is 542. The number of nitrogens with two attached hydrogens (primary N) is 1. The van der Waals surface area contributed by atoms with Crippen molar-refractivity contribution in [3.63, 3.8) is 0 Å². The lowest BCUT2D eigenvalue weighted by atomic mass is 10.1.